The molecule has 0 bridgehead atoms. The Morgan fingerprint density at radius 2 is 1.83 bits per heavy atom. The quantitative estimate of drug-likeness (QED) is 0.792. The molecule has 1 aliphatic rings. The summed E-state index contributed by atoms with van der Waals surface area (Å²) in [5.41, 5.74) is 0.342. The molecule has 2 heterocycles. The van der Waals surface area contributed by atoms with E-state index in [9.17, 15) is 14.7 Å². The molecule has 2 aromatic rings. The minimum Gasteiger partial charge on any atom is -0.388 e. The highest BCUT2D eigenvalue weighted by atomic mass is 16.3. The van der Waals surface area contributed by atoms with Gasteiger partial charge in [-0.25, -0.2) is 9.78 Å². The van der Waals surface area contributed by atoms with E-state index in [4.69, 9.17) is 0 Å². The Balaban J connectivity index is 2.29. The maximum atomic E-state index is 13.0. The van der Waals surface area contributed by atoms with Crippen molar-refractivity contribution in [2.45, 2.75) is 72.2 Å². The largest absolute Gasteiger partial charge is 0.388 e. The molecule has 0 amide bonds. The van der Waals surface area contributed by atoms with Gasteiger partial charge in [0.05, 0.1) is 0 Å². The summed E-state index contributed by atoms with van der Waals surface area (Å²) in [7, 11) is 0. The van der Waals surface area contributed by atoms with E-state index in [1.54, 1.807) is 9.13 Å². The van der Waals surface area contributed by atoms with E-state index in [0.29, 0.717) is 42.5 Å². The van der Waals surface area contributed by atoms with Gasteiger partial charge >= 0.3 is 5.69 Å². The Hall–Kier alpha value is -1.89. The number of aliphatic hydroxyl groups excluding tert-OH is 1. The lowest BCUT2D eigenvalue weighted by Gasteiger charge is -2.12. The van der Waals surface area contributed by atoms with Crippen LogP contribution >= 0.6 is 0 Å². The monoisotopic (exact) mass is 334 g/mol. The molecule has 1 aliphatic carbocycles. The van der Waals surface area contributed by atoms with Crippen molar-refractivity contribution in [2.24, 2.45) is 5.92 Å². The summed E-state index contributed by atoms with van der Waals surface area (Å²) in [6.07, 6.45) is 4.79. The van der Waals surface area contributed by atoms with E-state index >= 15 is 0 Å². The van der Waals surface area contributed by atoms with E-state index in [1.807, 2.05) is 6.92 Å². The van der Waals surface area contributed by atoms with Gasteiger partial charge in [0.15, 0.2) is 11.2 Å². The third kappa shape index (κ3) is 2.92. The maximum Gasteiger partial charge on any atom is 0.332 e. The molecule has 1 fully saturated rings. The SMILES string of the molecule is CCCCn1c(=O)n(CC2CC2)c(=O)c2c1nc(CO)n2CCC. The fourth-order valence-electron chi connectivity index (χ4n) is 3.16. The van der Waals surface area contributed by atoms with E-state index in [0.717, 1.165) is 32.1 Å². The smallest absolute Gasteiger partial charge is 0.332 e. The topological polar surface area (TPSA) is 82.1 Å². The summed E-state index contributed by atoms with van der Waals surface area (Å²) >= 11 is 0. The van der Waals surface area contributed by atoms with Gasteiger partial charge in [0, 0.05) is 19.6 Å². The fraction of sp³-hybridized carbons (Fsp3) is 0.706. The van der Waals surface area contributed by atoms with Crippen molar-refractivity contribution in [3.63, 3.8) is 0 Å². The van der Waals surface area contributed by atoms with E-state index in [2.05, 4.69) is 11.9 Å². The average Bonchev–Trinajstić information content (AvgIpc) is 3.32. The number of aromatic nitrogens is 4. The zero-order valence-electron chi connectivity index (χ0n) is 14.5. The standard InChI is InChI=1S/C17H26N4O3/c1-3-5-9-20-15-14(19(8-4-2)13(11-22)18-15)16(23)21(17(20)24)10-12-6-7-12/h12,22H,3-11H2,1-2H3. The number of hydrogen-bond donors (Lipinski definition) is 1. The number of nitrogens with zero attached hydrogens (tertiary/aromatic N) is 4. The first kappa shape index (κ1) is 17.0. The lowest BCUT2D eigenvalue weighted by atomic mass is 10.3. The van der Waals surface area contributed by atoms with Crippen molar-refractivity contribution in [3.8, 4) is 0 Å². The van der Waals surface area contributed by atoms with Crippen LogP contribution in [-0.2, 0) is 26.2 Å². The van der Waals surface area contributed by atoms with Crippen LogP contribution in [0.2, 0.25) is 0 Å². The molecular weight excluding hydrogens is 308 g/mol. The first-order valence-electron chi connectivity index (χ1n) is 8.95. The van der Waals surface area contributed by atoms with Crippen LogP contribution < -0.4 is 11.2 Å². The van der Waals surface area contributed by atoms with Crippen LogP contribution in [0.15, 0.2) is 9.59 Å². The second-order valence-electron chi connectivity index (χ2n) is 6.66. The Labute approximate surface area is 140 Å². The highest BCUT2D eigenvalue weighted by molar-refractivity contribution is 5.71. The first-order chi connectivity index (χ1) is 11.6. The molecule has 7 heteroatoms. The number of aryl methyl sites for hydroxylation is 2. The summed E-state index contributed by atoms with van der Waals surface area (Å²) in [6, 6.07) is 0. The molecule has 1 saturated carbocycles. The predicted octanol–water partition coefficient (Wildman–Crippen LogP) is 1.47. The molecule has 0 atom stereocenters. The predicted molar refractivity (Wildman–Crippen MR) is 92.1 cm³/mol. The summed E-state index contributed by atoms with van der Waals surface area (Å²) in [6.45, 7) is 5.49. The molecule has 7 nitrogen and oxygen atoms in total. The van der Waals surface area contributed by atoms with Crippen LogP contribution in [0.5, 0.6) is 0 Å². The van der Waals surface area contributed by atoms with Crippen LogP contribution in [0.1, 0.15) is 51.8 Å². The third-order valence-electron chi connectivity index (χ3n) is 4.66. The molecule has 0 saturated heterocycles. The highest BCUT2D eigenvalue weighted by Gasteiger charge is 2.26. The van der Waals surface area contributed by atoms with Gasteiger partial charge < -0.3 is 9.67 Å². The molecule has 24 heavy (non-hydrogen) atoms. The van der Waals surface area contributed by atoms with Gasteiger partial charge in [-0.2, -0.15) is 0 Å². The Morgan fingerprint density at radius 3 is 2.42 bits per heavy atom. The Morgan fingerprint density at radius 1 is 1.08 bits per heavy atom. The molecule has 0 radical (unpaired) electrons. The van der Waals surface area contributed by atoms with E-state index in [1.165, 1.54) is 4.57 Å². The van der Waals surface area contributed by atoms with Crippen molar-refractivity contribution >= 4 is 11.2 Å². The number of imidazole rings is 1. The highest BCUT2D eigenvalue weighted by Crippen LogP contribution is 2.29. The lowest BCUT2D eigenvalue weighted by molar-refractivity contribution is 0.265. The molecule has 0 aromatic carbocycles. The zero-order valence-corrected chi connectivity index (χ0v) is 14.5. The third-order valence-corrected chi connectivity index (χ3v) is 4.66. The summed E-state index contributed by atoms with van der Waals surface area (Å²) < 4.78 is 4.78. The van der Waals surface area contributed by atoms with Crippen LogP contribution in [0, 0.1) is 5.92 Å². The van der Waals surface area contributed by atoms with Crippen molar-refractivity contribution in [3.05, 3.63) is 26.7 Å². The number of fused-ring (bicyclic) bond motifs is 1. The number of rotatable bonds is 8. The molecule has 3 rings (SSSR count). The van der Waals surface area contributed by atoms with Gasteiger partial charge in [-0.1, -0.05) is 20.3 Å². The molecule has 2 aromatic heterocycles. The second kappa shape index (κ2) is 6.93. The second-order valence-corrected chi connectivity index (χ2v) is 6.66. The molecule has 0 aliphatic heterocycles. The molecule has 0 spiro atoms. The molecule has 0 unspecified atom stereocenters. The average molecular weight is 334 g/mol. The number of unbranched alkanes of at least 4 members (excludes halogenated alkanes) is 1. The van der Waals surface area contributed by atoms with Crippen molar-refractivity contribution in [2.75, 3.05) is 0 Å². The van der Waals surface area contributed by atoms with Gasteiger partial charge in [0.25, 0.3) is 5.56 Å². The fourth-order valence-corrected chi connectivity index (χ4v) is 3.16. The number of aliphatic hydroxyl groups is 1. The Bertz CT molecular complexity index is 842. The number of hydrogen-bond acceptors (Lipinski definition) is 4. The lowest BCUT2D eigenvalue weighted by Crippen LogP contribution is -2.41. The summed E-state index contributed by atoms with van der Waals surface area (Å²) in [5.74, 6) is 0.894. The van der Waals surface area contributed by atoms with Gasteiger partial charge in [0.1, 0.15) is 12.4 Å². The molecule has 1 N–H and O–H groups in total. The van der Waals surface area contributed by atoms with Crippen molar-refractivity contribution in [1.29, 1.82) is 0 Å². The molecular formula is C17H26N4O3. The van der Waals surface area contributed by atoms with Crippen LogP contribution in [0.4, 0.5) is 0 Å². The molecule has 132 valence electrons. The summed E-state index contributed by atoms with van der Waals surface area (Å²) in [5, 5.41) is 9.62. The summed E-state index contributed by atoms with van der Waals surface area (Å²) in [4.78, 5) is 30.2. The van der Waals surface area contributed by atoms with Gasteiger partial charge in [0.2, 0.25) is 0 Å². The Kier molecular flexibility index (Phi) is 4.89. The van der Waals surface area contributed by atoms with E-state index in [-0.39, 0.29) is 17.9 Å². The van der Waals surface area contributed by atoms with E-state index < -0.39 is 0 Å². The van der Waals surface area contributed by atoms with Gasteiger partial charge in [-0.05, 0) is 31.6 Å². The normalized spacial score (nSPS) is 14.6. The van der Waals surface area contributed by atoms with Crippen molar-refractivity contribution in [1.82, 2.24) is 18.7 Å². The van der Waals surface area contributed by atoms with Crippen molar-refractivity contribution < 1.29 is 5.11 Å². The minimum absolute atomic E-state index is 0.237. The van der Waals surface area contributed by atoms with Gasteiger partial charge in [-0.3, -0.25) is 13.9 Å². The first-order valence-corrected chi connectivity index (χ1v) is 8.95. The van der Waals surface area contributed by atoms with Crippen LogP contribution in [0.25, 0.3) is 11.2 Å². The zero-order chi connectivity index (χ0) is 17.3. The van der Waals surface area contributed by atoms with Crippen LogP contribution in [-0.4, -0.2) is 23.8 Å². The van der Waals surface area contributed by atoms with Gasteiger partial charge in [-0.15, -0.1) is 0 Å². The maximum absolute atomic E-state index is 13.0. The minimum atomic E-state index is -0.268. The van der Waals surface area contributed by atoms with Crippen LogP contribution in [0.3, 0.4) is 0 Å².